The van der Waals surface area contributed by atoms with Crippen LogP contribution in [0.25, 0.3) is 22.3 Å². The maximum atomic E-state index is 13.2. The monoisotopic (exact) mass is 472 g/mol. The lowest BCUT2D eigenvalue weighted by atomic mass is 10.1. The highest BCUT2D eigenvalue weighted by atomic mass is 35.5. The Bertz CT molecular complexity index is 1190. The number of carbonyl (C=O) groups is 1. The summed E-state index contributed by atoms with van der Waals surface area (Å²) in [6.07, 6.45) is -6.00. The molecule has 1 unspecified atom stereocenters. The van der Waals surface area contributed by atoms with E-state index in [4.69, 9.17) is 30.6 Å². The van der Waals surface area contributed by atoms with Gasteiger partial charge in [-0.05, 0) is 30.3 Å². The molecule has 0 radical (unpaired) electrons. The van der Waals surface area contributed by atoms with E-state index in [1.54, 1.807) is 6.07 Å². The highest BCUT2D eigenvalue weighted by Gasteiger charge is 2.32. The molecule has 0 spiro atoms. The van der Waals surface area contributed by atoms with E-state index in [0.717, 1.165) is 18.2 Å². The first-order valence-electron chi connectivity index (χ1n) is 9.10. The quantitative estimate of drug-likeness (QED) is 0.511. The summed E-state index contributed by atoms with van der Waals surface area (Å²) in [7, 11) is 0. The van der Waals surface area contributed by atoms with Crippen LogP contribution < -0.4 is 10.2 Å². The van der Waals surface area contributed by atoms with E-state index >= 15 is 0 Å². The zero-order valence-corrected chi connectivity index (χ0v) is 16.9. The molecule has 0 saturated carbocycles. The molecule has 1 heterocycles. The van der Waals surface area contributed by atoms with E-state index in [-0.39, 0.29) is 33.1 Å². The van der Waals surface area contributed by atoms with Gasteiger partial charge in [-0.1, -0.05) is 17.7 Å². The van der Waals surface area contributed by atoms with E-state index in [2.05, 4.69) is 0 Å². The zero-order chi connectivity index (χ0) is 23.5. The highest BCUT2D eigenvalue weighted by molar-refractivity contribution is 6.34. The fraction of sp³-hybridized carbons (Fsp3) is 0.238. The van der Waals surface area contributed by atoms with Gasteiger partial charge in [0.05, 0.1) is 28.1 Å². The van der Waals surface area contributed by atoms with E-state index in [1.807, 2.05) is 0 Å². The number of hydrogen-bond acceptors (Lipinski definition) is 6. The van der Waals surface area contributed by atoms with Gasteiger partial charge in [0.15, 0.2) is 11.0 Å². The van der Waals surface area contributed by atoms with Crippen molar-refractivity contribution in [1.82, 2.24) is 0 Å². The summed E-state index contributed by atoms with van der Waals surface area (Å²) >= 11 is 6.09. The first-order chi connectivity index (χ1) is 15.1. The molecule has 2 N–H and O–H groups in total. The van der Waals surface area contributed by atoms with Crippen LogP contribution in [0.4, 0.5) is 13.2 Å². The molecule has 0 aliphatic heterocycles. The van der Waals surface area contributed by atoms with Crippen LogP contribution in [0.3, 0.4) is 0 Å². The second-order valence-electron chi connectivity index (χ2n) is 6.67. The van der Waals surface area contributed by atoms with Gasteiger partial charge in [-0.15, -0.1) is 0 Å². The number of ether oxygens (including phenoxy) is 2. The van der Waals surface area contributed by atoms with Crippen LogP contribution in [0.5, 0.6) is 5.75 Å². The second kappa shape index (κ2) is 9.60. The maximum Gasteiger partial charge on any atom is 0.416 e. The van der Waals surface area contributed by atoms with Crippen molar-refractivity contribution in [1.29, 1.82) is 0 Å². The van der Waals surface area contributed by atoms with Gasteiger partial charge in [-0.2, -0.15) is 13.2 Å². The number of hydrogen-bond donors (Lipinski definition) is 2. The number of halogens is 4. The van der Waals surface area contributed by atoms with Crippen molar-refractivity contribution in [2.24, 2.45) is 0 Å². The topological polar surface area (TPSA) is 106 Å². The summed E-state index contributed by atoms with van der Waals surface area (Å²) in [6, 6.07) is 8.22. The third kappa shape index (κ3) is 5.58. The summed E-state index contributed by atoms with van der Waals surface area (Å²) in [5.74, 6) is -1.65. The predicted molar refractivity (Wildman–Crippen MR) is 108 cm³/mol. The van der Waals surface area contributed by atoms with Crippen LogP contribution in [0, 0.1) is 0 Å². The lowest BCUT2D eigenvalue weighted by molar-refractivity contribution is -0.143. The molecule has 0 aliphatic carbocycles. The van der Waals surface area contributed by atoms with Crippen LogP contribution >= 0.6 is 11.6 Å². The van der Waals surface area contributed by atoms with E-state index < -0.39 is 49.1 Å². The van der Waals surface area contributed by atoms with Crippen LogP contribution in [-0.4, -0.2) is 42.1 Å². The average Bonchev–Trinajstić information content (AvgIpc) is 2.72. The van der Waals surface area contributed by atoms with Crippen LogP contribution in [0.2, 0.25) is 5.02 Å². The molecule has 11 heteroatoms. The van der Waals surface area contributed by atoms with Crippen molar-refractivity contribution < 1.29 is 42.1 Å². The minimum atomic E-state index is -4.67. The largest absolute Gasteiger partial charge is 0.490 e. The van der Waals surface area contributed by atoms with Gasteiger partial charge in [0.2, 0.25) is 0 Å². The fourth-order valence-corrected chi connectivity index (χ4v) is 3.03. The highest BCUT2D eigenvalue weighted by Crippen LogP contribution is 2.38. The number of carboxylic acid groups (broad SMARTS) is 1. The number of aliphatic carboxylic acids is 1. The predicted octanol–water partition coefficient (Wildman–Crippen LogP) is 3.97. The minimum absolute atomic E-state index is 0.0237. The third-order valence-electron chi connectivity index (χ3n) is 4.25. The van der Waals surface area contributed by atoms with Crippen molar-refractivity contribution >= 4 is 28.5 Å². The van der Waals surface area contributed by atoms with Crippen LogP contribution in [-0.2, 0) is 15.7 Å². The number of aliphatic hydroxyl groups is 1. The Kier molecular flexibility index (Phi) is 7.07. The molecule has 3 rings (SSSR count). The second-order valence-corrected chi connectivity index (χ2v) is 7.08. The first kappa shape index (κ1) is 23.6. The molecule has 0 bridgehead atoms. The Morgan fingerprint density at radius 2 is 1.91 bits per heavy atom. The molecule has 3 aromatic rings. The molecule has 1 atom stereocenters. The Morgan fingerprint density at radius 3 is 2.59 bits per heavy atom. The molecule has 1 aromatic heterocycles. The number of benzene rings is 2. The Hall–Kier alpha value is -3.08. The van der Waals surface area contributed by atoms with Gasteiger partial charge in [0.1, 0.15) is 30.8 Å². The van der Waals surface area contributed by atoms with E-state index in [9.17, 15) is 27.9 Å². The van der Waals surface area contributed by atoms with Crippen molar-refractivity contribution in [3.05, 3.63) is 63.3 Å². The zero-order valence-electron chi connectivity index (χ0n) is 16.2. The summed E-state index contributed by atoms with van der Waals surface area (Å²) < 4.78 is 55.4. The molecule has 2 aromatic carbocycles. The molecule has 7 nitrogen and oxygen atoms in total. The Balaban J connectivity index is 1.97. The van der Waals surface area contributed by atoms with Crippen molar-refractivity contribution in [3.8, 4) is 17.1 Å². The fourth-order valence-electron chi connectivity index (χ4n) is 2.81. The van der Waals surface area contributed by atoms with Crippen LogP contribution in [0.15, 0.2) is 51.7 Å². The molecule has 0 fully saturated rings. The van der Waals surface area contributed by atoms with Crippen molar-refractivity contribution in [3.63, 3.8) is 0 Å². The minimum Gasteiger partial charge on any atom is -0.490 e. The van der Waals surface area contributed by atoms with Gasteiger partial charge < -0.3 is 24.1 Å². The number of rotatable bonds is 8. The lowest BCUT2D eigenvalue weighted by Gasteiger charge is -2.17. The summed E-state index contributed by atoms with van der Waals surface area (Å²) in [4.78, 5) is 22.9. The van der Waals surface area contributed by atoms with Gasteiger partial charge in [-0.3, -0.25) is 4.79 Å². The van der Waals surface area contributed by atoms with Gasteiger partial charge in [0, 0.05) is 6.07 Å². The van der Waals surface area contributed by atoms with E-state index in [0.29, 0.717) is 6.07 Å². The number of aliphatic hydroxyl groups excluding tert-OH is 1. The van der Waals surface area contributed by atoms with Crippen molar-refractivity contribution in [2.75, 3.05) is 19.8 Å². The van der Waals surface area contributed by atoms with Gasteiger partial charge in [0.25, 0.3) is 0 Å². The van der Waals surface area contributed by atoms with Crippen LogP contribution in [0.1, 0.15) is 5.56 Å². The third-order valence-corrected chi connectivity index (χ3v) is 4.55. The Morgan fingerprint density at radius 1 is 1.16 bits per heavy atom. The first-order valence-corrected chi connectivity index (χ1v) is 9.48. The van der Waals surface area contributed by atoms with Gasteiger partial charge in [-0.25, -0.2) is 4.79 Å². The maximum absolute atomic E-state index is 13.2. The smallest absolute Gasteiger partial charge is 0.416 e. The summed E-state index contributed by atoms with van der Waals surface area (Å²) in [5.41, 5.74) is -1.40. The number of alkyl halides is 3. The SMILES string of the molecule is O=C(O)COCC(O)COc1cc(C(F)(F)F)ccc1-c1cc(=O)c2cccc(Cl)c2o1. The average molecular weight is 473 g/mol. The molecule has 32 heavy (non-hydrogen) atoms. The summed E-state index contributed by atoms with van der Waals surface area (Å²) in [5, 5.41) is 18.7. The molecule has 0 saturated heterocycles. The molecule has 0 amide bonds. The van der Waals surface area contributed by atoms with Crippen molar-refractivity contribution in [2.45, 2.75) is 12.3 Å². The van der Waals surface area contributed by atoms with E-state index in [1.165, 1.54) is 12.1 Å². The lowest BCUT2D eigenvalue weighted by Crippen LogP contribution is -2.25. The molecular formula is C21H16ClF3O7. The number of carboxylic acids is 1. The Labute approximate surface area is 183 Å². The molecule has 170 valence electrons. The standard InChI is InChI=1S/C21H16ClF3O7/c22-15-3-1-2-13-16(27)7-18(32-20(13)15)14-5-4-11(21(23,24)25)6-17(14)31-9-12(26)8-30-10-19(28)29/h1-7,12,26H,8-10H2,(H,28,29). The number of para-hydroxylation sites is 1. The summed E-state index contributed by atoms with van der Waals surface area (Å²) in [6.45, 7) is -1.58. The molecular weight excluding hydrogens is 457 g/mol. The van der Waals surface area contributed by atoms with Gasteiger partial charge >= 0.3 is 12.1 Å². The molecule has 0 aliphatic rings. The number of fused-ring (bicyclic) bond motifs is 1. The normalized spacial score (nSPS) is 12.7.